The average molecular weight is 329 g/mol. The average Bonchev–Trinajstić information content (AvgIpc) is 3.22. The normalized spacial score (nSPS) is 13.7. The highest BCUT2D eigenvalue weighted by molar-refractivity contribution is 5.24. The highest BCUT2D eigenvalue weighted by atomic mass is 19.1. The molecule has 0 N–H and O–H groups in total. The molecule has 7 heteroatoms. The second-order valence-corrected chi connectivity index (χ2v) is 5.62. The predicted molar refractivity (Wildman–Crippen MR) is 81.9 cm³/mol. The second-order valence-electron chi connectivity index (χ2n) is 5.62. The third-order valence-electron chi connectivity index (χ3n) is 3.91. The van der Waals surface area contributed by atoms with Gasteiger partial charge in [-0.3, -0.25) is 4.68 Å². The van der Waals surface area contributed by atoms with Gasteiger partial charge in [-0.2, -0.15) is 5.10 Å². The standard InChI is InChI=1S/C17H16FN3O3/c18-13-3-1-12(2-4-13)8-21-9-14(7-19-21)23-11-16-15-10-22-6-5-17(15)24-20-16/h1-4,7,9H,5-6,8,10-11H2. The summed E-state index contributed by atoms with van der Waals surface area (Å²) >= 11 is 0. The molecular formula is C17H16FN3O3. The minimum Gasteiger partial charge on any atom is -0.484 e. The quantitative estimate of drug-likeness (QED) is 0.720. The van der Waals surface area contributed by atoms with E-state index in [1.165, 1.54) is 12.1 Å². The monoisotopic (exact) mass is 329 g/mol. The van der Waals surface area contributed by atoms with Crippen LogP contribution in [0.2, 0.25) is 0 Å². The van der Waals surface area contributed by atoms with Gasteiger partial charge in [0.1, 0.15) is 23.9 Å². The molecule has 0 atom stereocenters. The molecule has 0 bridgehead atoms. The second kappa shape index (κ2) is 6.45. The Bertz CT molecular complexity index is 826. The SMILES string of the molecule is Fc1ccc(Cn2cc(OCc3noc4c3COCC4)cn2)cc1. The first-order chi connectivity index (χ1) is 11.8. The molecule has 0 amide bonds. The molecular weight excluding hydrogens is 313 g/mol. The molecule has 1 aromatic carbocycles. The van der Waals surface area contributed by atoms with Crippen LogP contribution in [0.1, 0.15) is 22.6 Å². The highest BCUT2D eigenvalue weighted by Gasteiger charge is 2.20. The molecule has 0 aliphatic carbocycles. The molecule has 3 aromatic rings. The zero-order chi connectivity index (χ0) is 16.4. The Balaban J connectivity index is 1.38. The number of hydrogen-bond acceptors (Lipinski definition) is 5. The molecule has 0 saturated heterocycles. The van der Waals surface area contributed by atoms with Crippen molar-refractivity contribution < 1.29 is 18.4 Å². The Morgan fingerprint density at radius 1 is 1.25 bits per heavy atom. The minimum atomic E-state index is -0.247. The number of halogens is 1. The Morgan fingerprint density at radius 2 is 2.12 bits per heavy atom. The van der Waals surface area contributed by atoms with Crippen LogP contribution < -0.4 is 4.74 Å². The molecule has 0 unspecified atom stereocenters. The van der Waals surface area contributed by atoms with Gasteiger partial charge in [-0.05, 0) is 17.7 Å². The van der Waals surface area contributed by atoms with E-state index in [1.54, 1.807) is 29.2 Å². The van der Waals surface area contributed by atoms with Crippen LogP contribution in [0.5, 0.6) is 5.75 Å². The van der Waals surface area contributed by atoms with Crippen LogP contribution in [0.3, 0.4) is 0 Å². The third-order valence-corrected chi connectivity index (χ3v) is 3.91. The lowest BCUT2D eigenvalue weighted by molar-refractivity contribution is 0.102. The minimum absolute atomic E-state index is 0.247. The first kappa shape index (κ1) is 14.9. The molecule has 4 rings (SSSR count). The number of aromatic nitrogens is 3. The Hall–Kier alpha value is -2.67. The summed E-state index contributed by atoms with van der Waals surface area (Å²) in [6.45, 7) is 2.04. The van der Waals surface area contributed by atoms with E-state index >= 15 is 0 Å². The van der Waals surface area contributed by atoms with Crippen molar-refractivity contribution in [1.29, 1.82) is 0 Å². The van der Waals surface area contributed by atoms with E-state index in [-0.39, 0.29) is 5.82 Å². The van der Waals surface area contributed by atoms with E-state index in [1.807, 2.05) is 0 Å². The summed E-state index contributed by atoms with van der Waals surface area (Å²) in [6, 6.07) is 6.34. The molecule has 1 aliphatic rings. The van der Waals surface area contributed by atoms with Crippen molar-refractivity contribution in [2.75, 3.05) is 6.61 Å². The van der Waals surface area contributed by atoms with Crippen molar-refractivity contribution in [3.63, 3.8) is 0 Å². The molecule has 6 nitrogen and oxygen atoms in total. The van der Waals surface area contributed by atoms with Gasteiger partial charge in [-0.25, -0.2) is 4.39 Å². The Labute approximate surface area is 137 Å². The maximum Gasteiger partial charge on any atom is 0.157 e. The van der Waals surface area contributed by atoms with Crippen LogP contribution in [0.25, 0.3) is 0 Å². The summed E-state index contributed by atoms with van der Waals surface area (Å²) in [5.74, 6) is 1.28. The lowest BCUT2D eigenvalue weighted by Gasteiger charge is -2.10. The Kier molecular flexibility index (Phi) is 4.00. The summed E-state index contributed by atoms with van der Waals surface area (Å²) in [7, 11) is 0. The molecule has 3 heterocycles. The number of benzene rings is 1. The Morgan fingerprint density at radius 3 is 3.00 bits per heavy atom. The van der Waals surface area contributed by atoms with Gasteiger partial charge >= 0.3 is 0 Å². The molecule has 0 spiro atoms. The van der Waals surface area contributed by atoms with E-state index < -0.39 is 0 Å². The van der Waals surface area contributed by atoms with Crippen LogP contribution in [-0.2, 0) is 30.9 Å². The van der Waals surface area contributed by atoms with Crippen molar-refractivity contribution in [2.24, 2.45) is 0 Å². The summed E-state index contributed by atoms with van der Waals surface area (Å²) in [5.41, 5.74) is 2.71. The van der Waals surface area contributed by atoms with Crippen LogP contribution in [0.4, 0.5) is 4.39 Å². The van der Waals surface area contributed by atoms with Crippen LogP contribution in [-0.4, -0.2) is 21.5 Å². The van der Waals surface area contributed by atoms with Crippen molar-refractivity contribution in [1.82, 2.24) is 14.9 Å². The summed E-state index contributed by atoms with van der Waals surface area (Å²) in [5, 5.41) is 8.30. The summed E-state index contributed by atoms with van der Waals surface area (Å²) in [4.78, 5) is 0. The van der Waals surface area contributed by atoms with Crippen molar-refractivity contribution in [2.45, 2.75) is 26.2 Å². The number of ether oxygens (including phenoxy) is 2. The molecule has 0 radical (unpaired) electrons. The zero-order valence-corrected chi connectivity index (χ0v) is 12.9. The maximum atomic E-state index is 12.9. The van der Waals surface area contributed by atoms with E-state index in [4.69, 9.17) is 14.0 Å². The molecule has 0 saturated carbocycles. The van der Waals surface area contributed by atoms with Crippen LogP contribution in [0, 0.1) is 5.82 Å². The number of hydrogen-bond donors (Lipinski definition) is 0. The van der Waals surface area contributed by atoms with Gasteiger partial charge in [0, 0.05) is 12.0 Å². The fourth-order valence-corrected chi connectivity index (χ4v) is 2.63. The third kappa shape index (κ3) is 3.16. The van der Waals surface area contributed by atoms with E-state index in [2.05, 4.69) is 10.3 Å². The fourth-order valence-electron chi connectivity index (χ4n) is 2.63. The van der Waals surface area contributed by atoms with Gasteiger partial charge in [0.25, 0.3) is 0 Å². The first-order valence-electron chi connectivity index (χ1n) is 7.71. The molecule has 1 aliphatic heterocycles. The van der Waals surface area contributed by atoms with Gasteiger partial charge in [0.2, 0.25) is 0 Å². The number of rotatable bonds is 5. The van der Waals surface area contributed by atoms with Crippen molar-refractivity contribution in [3.05, 3.63) is 65.1 Å². The van der Waals surface area contributed by atoms with Gasteiger partial charge in [-0.15, -0.1) is 0 Å². The largest absolute Gasteiger partial charge is 0.484 e. The van der Waals surface area contributed by atoms with Gasteiger partial charge in [-0.1, -0.05) is 17.3 Å². The van der Waals surface area contributed by atoms with Gasteiger partial charge < -0.3 is 14.0 Å². The molecule has 124 valence electrons. The lowest BCUT2D eigenvalue weighted by Crippen LogP contribution is -2.10. The highest BCUT2D eigenvalue weighted by Crippen LogP contribution is 2.22. The van der Waals surface area contributed by atoms with Crippen molar-refractivity contribution in [3.8, 4) is 5.75 Å². The summed E-state index contributed by atoms with van der Waals surface area (Å²) < 4.78 is 31.1. The number of nitrogens with zero attached hydrogens (tertiary/aromatic N) is 3. The van der Waals surface area contributed by atoms with Gasteiger partial charge in [0.15, 0.2) is 5.75 Å². The van der Waals surface area contributed by atoms with E-state index in [0.29, 0.717) is 32.1 Å². The van der Waals surface area contributed by atoms with Gasteiger partial charge in [0.05, 0.1) is 32.2 Å². The van der Waals surface area contributed by atoms with Crippen molar-refractivity contribution >= 4 is 0 Å². The topological polar surface area (TPSA) is 62.3 Å². The zero-order valence-electron chi connectivity index (χ0n) is 12.9. The molecule has 24 heavy (non-hydrogen) atoms. The first-order valence-corrected chi connectivity index (χ1v) is 7.71. The summed E-state index contributed by atoms with van der Waals surface area (Å²) in [6.07, 6.45) is 4.19. The fraction of sp³-hybridized carbons (Fsp3) is 0.294. The lowest BCUT2D eigenvalue weighted by atomic mass is 10.1. The van der Waals surface area contributed by atoms with E-state index in [9.17, 15) is 4.39 Å². The van der Waals surface area contributed by atoms with E-state index in [0.717, 1.165) is 29.0 Å². The molecule has 2 aromatic heterocycles. The van der Waals surface area contributed by atoms with Crippen LogP contribution in [0.15, 0.2) is 41.2 Å². The van der Waals surface area contributed by atoms with Crippen LogP contribution >= 0.6 is 0 Å². The number of fused-ring (bicyclic) bond motifs is 1. The maximum absolute atomic E-state index is 12.9. The predicted octanol–water partition coefficient (Wildman–Crippen LogP) is 2.71. The molecule has 0 fully saturated rings. The smallest absolute Gasteiger partial charge is 0.157 e.